The second kappa shape index (κ2) is 4.13. The van der Waals surface area contributed by atoms with Gasteiger partial charge in [-0.1, -0.05) is 6.08 Å². The molecule has 0 atom stereocenters. The number of carbonyl (C=O) groups is 1. The summed E-state index contributed by atoms with van der Waals surface area (Å²) in [4.78, 5) is 11.2. The third-order valence-electron chi connectivity index (χ3n) is 1.28. The van der Waals surface area contributed by atoms with Crippen LogP contribution in [0, 0.1) is 0 Å². The highest BCUT2D eigenvalue weighted by molar-refractivity contribution is 5.79. The van der Waals surface area contributed by atoms with E-state index in [2.05, 4.69) is 0 Å². The molecule has 0 aromatic carbocycles. The van der Waals surface area contributed by atoms with E-state index < -0.39 is 19.0 Å². The fourth-order valence-electron chi connectivity index (χ4n) is 0.826. The second-order valence-electron chi connectivity index (χ2n) is 2.17. The average Bonchev–Trinajstić information content (AvgIpc) is 2.27. The first kappa shape index (κ1) is 4.26. The van der Waals surface area contributed by atoms with Gasteiger partial charge in [0, 0.05) is 18.1 Å². The molecule has 0 aromatic heterocycles. The van der Waals surface area contributed by atoms with Crippen molar-refractivity contribution in [1.82, 2.24) is 4.90 Å². The minimum Gasteiger partial charge on any atom is -0.478 e. The number of carboxylic acids is 1. The van der Waals surface area contributed by atoms with Gasteiger partial charge < -0.3 is 5.11 Å². The lowest BCUT2D eigenvalue weighted by molar-refractivity contribution is -0.131. The first-order chi connectivity index (χ1) is 6.76. The number of nitrogens with zero attached hydrogens (tertiary/aromatic N) is 1. The normalized spacial score (nSPS) is 34.2. The Hall–Kier alpha value is -0.830. The molecule has 0 amide bonds. The molecule has 1 N–H and O–H groups in total. The van der Waals surface area contributed by atoms with E-state index in [1.54, 1.807) is 0 Å². The molecule has 0 bridgehead atoms. The van der Waals surface area contributed by atoms with Crippen molar-refractivity contribution < 1.29 is 15.4 Å². The van der Waals surface area contributed by atoms with E-state index in [4.69, 9.17) is 10.6 Å². The van der Waals surface area contributed by atoms with Crippen LogP contribution in [0.15, 0.2) is 12.2 Å². The van der Waals surface area contributed by atoms with Crippen LogP contribution in [0.25, 0.3) is 0 Å². The van der Waals surface area contributed by atoms with E-state index in [1.165, 1.54) is 6.08 Å². The van der Waals surface area contributed by atoms with Crippen LogP contribution in [-0.4, -0.2) is 35.5 Å². The van der Waals surface area contributed by atoms with E-state index in [9.17, 15) is 4.79 Å². The summed E-state index contributed by atoms with van der Waals surface area (Å²) in [5.74, 6) is -1.12. The smallest absolute Gasteiger partial charge is 0.328 e. The lowest BCUT2D eigenvalue weighted by Crippen LogP contribution is -2.18. The van der Waals surface area contributed by atoms with Crippen molar-refractivity contribution in [2.45, 2.75) is 12.8 Å². The van der Waals surface area contributed by atoms with Crippen LogP contribution in [0.3, 0.4) is 0 Å². The standard InChI is InChI=1S/C8H13NO2/c10-8(11)4-3-7-9-5-1-2-6-9/h3-4H,1-2,5-7H2,(H,10,11)/b4-3+/i5D2,6D2. The predicted molar refractivity (Wildman–Crippen MR) is 42.4 cm³/mol. The van der Waals surface area contributed by atoms with E-state index in [-0.39, 0.29) is 19.4 Å². The SMILES string of the molecule is [2H]C1([2H])CCC([2H])([2H])N1C/C=C/C(=O)O. The molecule has 0 spiro atoms. The number of aliphatic carboxylic acids is 1. The molecular weight excluding hydrogens is 142 g/mol. The van der Waals surface area contributed by atoms with Gasteiger partial charge in [0.2, 0.25) is 0 Å². The van der Waals surface area contributed by atoms with Gasteiger partial charge in [0.05, 0.1) is 0 Å². The summed E-state index contributed by atoms with van der Waals surface area (Å²) in [6, 6.07) is 0. The molecule has 0 radical (unpaired) electrons. The Morgan fingerprint density at radius 2 is 2.27 bits per heavy atom. The lowest BCUT2D eigenvalue weighted by atomic mass is 10.4. The second-order valence-corrected chi connectivity index (χ2v) is 2.17. The summed E-state index contributed by atoms with van der Waals surface area (Å²) < 4.78 is 30.2. The van der Waals surface area contributed by atoms with Crippen LogP contribution in [0.1, 0.15) is 18.3 Å². The zero-order valence-corrected chi connectivity index (χ0v) is 6.08. The quantitative estimate of drug-likeness (QED) is 0.617. The van der Waals surface area contributed by atoms with Gasteiger partial charge in [0.15, 0.2) is 0 Å². The first-order valence-corrected chi connectivity index (χ1v) is 3.43. The molecule has 0 aromatic rings. The van der Waals surface area contributed by atoms with Crippen molar-refractivity contribution in [2.75, 3.05) is 19.5 Å². The summed E-state index contributed by atoms with van der Waals surface area (Å²) in [7, 11) is 0. The van der Waals surface area contributed by atoms with Crippen molar-refractivity contribution in [3.05, 3.63) is 12.2 Å². The maximum Gasteiger partial charge on any atom is 0.328 e. The molecule has 0 unspecified atom stereocenters. The Morgan fingerprint density at radius 3 is 2.82 bits per heavy atom. The predicted octanol–water partition coefficient (Wildman–Crippen LogP) is 0.723. The summed E-state index contributed by atoms with van der Waals surface area (Å²) in [5, 5.41) is 8.35. The Kier molecular flexibility index (Phi) is 1.60. The van der Waals surface area contributed by atoms with Crippen molar-refractivity contribution in [1.29, 1.82) is 0 Å². The summed E-state index contributed by atoms with van der Waals surface area (Å²) in [6.07, 6.45) is 2.40. The minimum absolute atomic E-state index is 0.0354. The van der Waals surface area contributed by atoms with E-state index in [0.717, 1.165) is 11.0 Å². The molecule has 1 aliphatic heterocycles. The molecule has 3 heteroatoms. The zero-order valence-electron chi connectivity index (χ0n) is 10.1. The van der Waals surface area contributed by atoms with Crippen molar-refractivity contribution in [3.8, 4) is 0 Å². The van der Waals surface area contributed by atoms with Crippen molar-refractivity contribution in [3.63, 3.8) is 0 Å². The van der Waals surface area contributed by atoms with Crippen molar-refractivity contribution >= 4 is 5.97 Å². The maximum atomic E-state index is 10.2. The molecule has 1 rings (SSSR count). The molecular formula is C8H13NO2. The fourth-order valence-corrected chi connectivity index (χ4v) is 0.826. The van der Waals surface area contributed by atoms with E-state index in [0.29, 0.717) is 0 Å². The van der Waals surface area contributed by atoms with Gasteiger partial charge in [-0.15, -0.1) is 0 Å². The number of carboxylic acid groups (broad SMARTS) is 1. The average molecular weight is 159 g/mol. The molecule has 0 aliphatic carbocycles. The van der Waals surface area contributed by atoms with Gasteiger partial charge in [0.25, 0.3) is 0 Å². The molecule has 1 saturated heterocycles. The van der Waals surface area contributed by atoms with Crippen LogP contribution < -0.4 is 0 Å². The van der Waals surface area contributed by atoms with Crippen LogP contribution in [-0.2, 0) is 4.79 Å². The Balaban J connectivity index is 2.69. The molecule has 1 heterocycles. The highest BCUT2D eigenvalue weighted by Gasteiger charge is 2.08. The Bertz CT molecular complexity index is 274. The van der Waals surface area contributed by atoms with Gasteiger partial charge in [-0.05, 0) is 25.8 Å². The Morgan fingerprint density at radius 1 is 1.64 bits per heavy atom. The Labute approximate surface area is 71.9 Å². The van der Waals surface area contributed by atoms with Crippen molar-refractivity contribution in [2.24, 2.45) is 0 Å². The van der Waals surface area contributed by atoms with Gasteiger partial charge in [-0.3, -0.25) is 4.90 Å². The maximum absolute atomic E-state index is 10.2. The first-order valence-electron chi connectivity index (χ1n) is 5.43. The largest absolute Gasteiger partial charge is 0.478 e. The summed E-state index contributed by atoms with van der Waals surface area (Å²) in [6.45, 7) is -3.44. The highest BCUT2D eigenvalue weighted by Crippen LogP contribution is 2.05. The fraction of sp³-hybridized carbons (Fsp3) is 0.625. The topological polar surface area (TPSA) is 40.5 Å². The number of likely N-dealkylation sites (tertiary alicyclic amines) is 1. The zero-order chi connectivity index (χ0) is 11.7. The molecule has 1 aliphatic rings. The summed E-state index contributed by atoms with van der Waals surface area (Å²) in [5.41, 5.74) is 0. The van der Waals surface area contributed by atoms with Gasteiger partial charge >= 0.3 is 5.97 Å². The molecule has 62 valence electrons. The third kappa shape index (κ3) is 3.18. The molecule has 1 fully saturated rings. The van der Waals surface area contributed by atoms with Crippen LogP contribution in [0.2, 0.25) is 0 Å². The summed E-state index contributed by atoms with van der Waals surface area (Å²) >= 11 is 0. The lowest BCUT2D eigenvalue weighted by Gasteiger charge is -2.09. The van der Waals surface area contributed by atoms with Gasteiger partial charge in [-0.2, -0.15) is 0 Å². The highest BCUT2D eigenvalue weighted by atomic mass is 16.4. The van der Waals surface area contributed by atoms with E-state index in [1.807, 2.05) is 0 Å². The molecule has 3 nitrogen and oxygen atoms in total. The monoisotopic (exact) mass is 159 g/mol. The molecule has 11 heavy (non-hydrogen) atoms. The van der Waals surface area contributed by atoms with Gasteiger partial charge in [-0.25, -0.2) is 4.79 Å². The van der Waals surface area contributed by atoms with Crippen LogP contribution >= 0.6 is 0 Å². The van der Waals surface area contributed by atoms with E-state index >= 15 is 0 Å². The minimum atomic E-state index is -1.70. The number of rotatable bonds is 3. The number of hydrogen-bond acceptors (Lipinski definition) is 2. The van der Waals surface area contributed by atoms with Crippen LogP contribution in [0.4, 0.5) is 0 Å². The molecule has 0 saturated carbocycles. The van der Waals surface area contributed by atoms with Crippen LogP contribution in [0.5, 0.6) is 0 Å². The third-order valence-corrected chi connectivity index (χ3v) is 1.28. The van der Waals surface area contributed by atoms with Gasteiger partial charge in [0.1, 0.15) is 0 Å². The number of hydrogen-bond donors (Lipinski definition) is 1.